The first-order valence-electron chi connectivity index (χ1n) is 2.74. The van der Waals surface area contributed by atoms with Crippen molar-refractivity contribution < 1.29 is 9.90 Å². The Morgan fingerprint density at radius 2 is 2.44 bits per heavy atom. The molecule has 0 heterocycles. The number of carboxylic acid groups (broad SMARTS) is 1. The molecular weight excluding hydrogens is 229 g/mol. The van der Waals surface area contributed by atoms with E-state index in [4.69, 9.17) is 10.8 Å². The molecule has 0 aliphatic heterocycles. The van der Waals surface area contributed by atoms with Crippen LogP contribution < -0.4 is 5.73 Å². The molecule has 0 radical (unpaired) electrons. The summed E-state index contributed by atoms with van der Waals surface area (Å²) in [6.07, 6.45) is 1.55. The Balaban J connectivity index is 2.64. The van der Waals surface area contributed by atoms with Crippen molar-refractivity contribution in [3.63, 3.8) is 0 Å². The van der Waals surface area contributed by atoms with Crippen LogP contribution in [0.1, 0.15) is 12.8 Å². The molecule has 0 aromatic heterocycles. The average Bonchev–Trinajstić information content (AvgIpc) is 1.82. The molecule has 4 heteroatoms. The number of halogens is 1. The van der Waals surface area contributed by atoms with Crippen LogP contribution in [0, 0.1) is 0 Å². The molecule has 1 unspecified atom stereocenters. The molecule has 0 saturated heterocycles. The van der Waals surface area contributed by atoms with Crippen molar-refractivity contribution in [3.8, 4) is 0 Å². The summed E-state index contributed by atoms with van der Waals surface area (Å²) >= 11 is 2.08. The van der Waals surface area contributed by atoms with Crippen LogP contribution in [0.4, 0.5) is 0 Å². The van der Waals surface area contributed by atoms with E-state index in [0.29, 0.717) is 6.42 Å². The van der Waals surface area contributed by atoms with Crippen LogP contribution in [0.5, 0.6) is 0 Å². The second-order valence-electron chi connectivity index (χ2n) is 2.35. The van der Waals surface area contributed by atoms with Crippen molar-refractivity contribution in [1.82, 2.24) is 0 Å². The van der Waals surface area contributed by atoms with Gasteiger partial charge in [-0.1, -0.05) is 22.6 Å². The quantitative estimate of drug-likeness (QED) is 0.511. The van der Waals surface area contributed by atoms with Gasteiger partial charge in [-0.25, -0.2) is 0 Å². The Morgan fingerprint density at radius 3 is 2.44 bits per heavy atom. The minimum atomic E-state index is -0.916. The molecule has 0 spiro atoms. The van der Waals surface area contributed by atoms with Crippen molar-refractivity contribution in [3.05, 3.63) is 0 Å². The molecule has 0 amide bonds. The summed E-state index contributed by atoms with van der Waals surface area (Å²) in [6.45, 7) is 0. The van der Waals surface area contributed by atoms with Crippen molar-refractivity contribution in [2.75, 3.05) is 0 Å². The van der Waals surface area contributed by atoms with E-state index in [-0.39, 0.29) is 3.92 Å². The highest BCUT2D eigenvalue weighted by molar-refractivity contribution is 14.1. The van der Waals surface area contributed by atoms with Crippen LogP contribution >= 0.6 is 22.6 Å². The molecule has 1 rings (SSSR count). The molecule has 0 aromatic carbocycles. The molecule has 0 aromatic rings. The third-order valence-electron chi connectivity index (χ3n) is 1.77. The number of alkyl halides is 1. The number of nitrogens with two attached hydrogens (primary N) is 1. The van der Waals surface area contributed by atoms with Gasteiger partial charge in [0, 0.05) is 3.92 Å². The van der Waals surface area contributed by atoms with Gasteiger partial charge in [0.05, 0.1) is 0 Å². The average molecular weight is 237 g/mol. The van der Waals surface area contributed by atoms with Crippen LogP contribution in [0.3, 0.4) is 0 Å². The molecule has 3 nitrogen and oxygen atoms in total. The summed E-state index contributed by atoms with van der Waals surface area (Å²) in [7, 11) is 0. The van der Waals surface area contributed by atoms with E-state index in [0.717, 1.165) is 6.42 Å². The van der Waals surface area contributed by atoms with Gasteiger partial charge in [-0.15, -0.1) is 0 Å². The van der Waals surface area contributed by atoms with Gasteiger partial charge in [0.1, 0.15) is 5.54 Å². The topological polar surface area (TPSA) is 63.3 Å². The van der Waals surface area contributed by atoms with Gasteiger partial charge in [-0.3, -0.25) is 4.79 Å². The minimum absolute atomic E-state index is 0.118. The van der Waals surface area contributed by atoms with Crippen LogP contribution in [0.25, 0.3) is 0 Å². The number of carbonyl (C=O) groups is 1. The maximum atomic E-state index is 10.4. The number of rotatable bonds is 1. The van der Waals surface area contributed by atoms with Gasteiger partial charge in [0.2, 0.25) is 0 Å². The van der Waals surface area contributed by atoms with Crippen molar-refractivity contribution in [2.24, 2.45) is 5.73 Å². The molecule has 3 N–H and O–H groups in total. The Hall–Kier alpha value is 0.160. The zero-order valence-corrected chi connectivity index (χ0v) is 6.96. The lowest BCUT2D eigenvalue weighted by atomic mass is 9.78. The standard InChI is InChI=1S/C5H8INO2/c6-3-1-2-5(3,7)4(8)9/h3H,1-2,7H2,(H,8,9)/t3?,5-/m1/s1/i6-4. The van der Waals surface area contributed by atoms with Crippen LogP contribution in [-0.4, -0.2) is 20.5 Å². The predicted molar refractivity (Wildman–Crippen MR) is 41.6 cm³/mol. The lowest BCUT2D eigenvalue weighted by Crippen LogP contribution is -2.61. The summed E-state index contributed by atoms with van der Waals surface area (Å²) < 4.78 is 0.118. The molecule has 0 bridgehead atoms. The predicted octanol–water partition coefficient (Wildman–Crippen LogP) is 0.366. The molecule has 2 atom stereocenters. The van der Waals surface area contributed by atoms with E-state index in [1.807, 2.05) is 0 Å². The van der Waals surface area contributed by atoms with Gasteiger partial charge in [-0.05, 0) is 12.8 Å². The Morgan fingerprint density at radius 1 is 1.89 bits per heavy atom. The van der Waals surface area contributed by atoms with Crippen molar-refractivity contribution in [1.29, 1.82) is 0 Å². The first-order chi connectivity index (χ1) is 4.07. The Kier molecular flexibility index (Phi) is 1.69. The molecule has 9 heavy (non-hydrogen) atoms. The largest absolute Gasteiger partial charge is 0.480 e. The lowest BCUT2D eigenvalue weighted by Gasteiger charge is -2.39. The van der Waals surface area contributed by atoms with E-state index >= 15 is 0 Å². The van der Waals surface area contributed by atoms with E-state index in [1.165, 1.54) is 0 Å². The van der Waals surface area contributed by atoms with E-state index < -0.39 is 11.5 Å². The van der Waals surface area contributed by atoms with E-state index in [1.54, 1.807) is 0 Å². The first kappa shape index (κ1) is 7.27. The Labute approximate surface area is 66.8 Å². The van der Waals surface area contributed by atoms with Crippen LogP contribution in [0.15, 0.2) is 0 Å². The fourth-order valence-electron chi connectivity index (χ4n) is 0.805. The molecule has 1 fully saturated rings. The van der Waals surface area contributed by atoms with Crippen LogP contribution in [0.2, 0.25) is 0 Å². The summed E-state index contributed by atoms with van der Waals surface area (Å²) in [5.41, 5.74) is 4.57. The molecular formula is C5H8INO2. The monoisotopic (exact) mass is 237 g/mol. The molecule has 1 aliphatic rings. The minimum Gasteiger partial charge on any atom is -0.480 e. The van der Waals surface area contributed by atoms with E-state index in [9.17, 15) is 4.79 Å². The lowest BCUT2D eigenvalue weighted by molar-refractivity contribution is -0.145. The number of carboxylic acids is 1. The summed E-state index contributed by atoms with van der Waals surface area (Å²) in [5.74, 6) is -0.867. The summed E-state index contributed by atoms with van der Waals surface area (Å²) in [6, 6.07) is 0. The highest BCUT2D eigenvalue weighted by Gasteiger charge is 2.48. The fourth-order valence-corrected chi connectivity index (χ4v) is 1.69. The van der Waals surface area contributed by atoms with E-state index in [2.05, 4.69) is 22.6 Å². The third kappa shape index (κ3) is 0.939. The molecule has 1 saturated carbocycles. The summed E-state index contributed by atoms with van der Waals surface area (Å²) in [4.78, 5) is 10.4. The number of hydrogen-bond donors (Lipinski definition) is 2. The zero-order valence-electron chi connectivity index (χ0n) is 4.80. The second-order valence-corrected chi connectivity index (χ2v) is 3.86. The highest BCUT2D eigenvalue weighted by Crippen LogP contribution is 2.36. The first-order valence-corrected chi connectivity index (χ1v) is 3.98. The second kappa shape index (κ2) is 2.09. The van der Waals surface area contributed by atoms with Gasteiger partial charge in [0.25, 0.3) is 0 Å². The van der Waals surface area contributed by atoms with Crippen molar-refractivity contribution in [2.45, 2.75) is 22.3 Å². The molecule has 52 valence electrons. The number of aliphatic carboxylic acids is 1. The molecule has 1 aliphatic carbocycles. The van der Waals surface area contributed by atoms with Crippen molar-refractivity contribution >= 4 is 28.6 Å². The zero-order chi connectivity index (χ0) is 7.07. The SMILES string of the molecule is N[C@]1(C(=O)O)CCC1[123I]. The number of hydrogen-bond acceptors (Lipinski definition) is 2. The highest BCUT2D eigenvalue weighted by atomic mass is 123. The maximum absolute atomic E-state index is 10.4. The fraction of sp³-hybridized carbons (Fsp3) is 0.800. The maximum Gasteiger partial charge on any atom is 0.324 e. The van der Waals surface area contributed by atoms with Gasteiger partial charge in [0.15, 0.2) is 0 Å². The van der Waals surface area contributed by atoms with Gasteiger partial charge < -0.3 is 10.8 Å². The van der Waals surface area contributed by atoms with Crippen LogP contribution in [-0.2, 0) is 4.79 Å². The Bertz CT molecular complexity index is 150. The smallest absolute Gasteiger partial charge is 0.324 e. The van der Waals surface area contributed by atoms with Gasteiger partial charge in [-0.2, -0.15) is 0 Å². The van der Waals surface area contributed by atoms with Gasteiger partial charge >= 0.3 is 5.97 Å². The summed E-state index contributed by atoms with van der Waals surface area (Å²) in [5, 5.41) is 8.53. The normalized spacial score (nSPS) is 41.8. The third-order valence-corrected chi connectivity index (χ3v) is 3.50.